The predicted molar refractivity (Wildman–Crippen MR) is 127 cm³/mol. The highest BCUT2D eigenvalue weighted by Gasteiger charge is 2.29. The number of hydrogen-bond acceptors (Lipinski definition) is 4. The molecule has 6 nitrogen and oxygen atoms in total. The van der Waals surface area contributed by atoms with Crippen LogP contribution in [0.2, 0.25) is 0 Å². The van der Waals surface area contributed by atoms with Crippen LogP contribution in [0.4, 0.5) is 0 Å². The highest BCUT2D eigenvalue weighted by atomic mass is 16.3. The number of piperidine rings is 1. The van der Waals surface area contributed by atoms with E-state index in [9.17, 15) is 9.59 Å². The molecule has 2 aliphatic rings. The smallest absolute Gasteiger partial charge is 0.253 e. The zero-order valence-corrected chi connectivity index (χ0v) is 19.0. The fourth-order valence-electron chi connectivity index (χ4n) is 5.09. The van der Waals surface area contributed by atoms with Gasteiger partial charge in [0.15, 0.2) is 11.5 Å². The standard InChI is InChI=1S/C27H31N3O3/c31-26-12-6-15-29(26)18-21-10-5-16-30(19-21)27(32)22-13-14-24-23(17-22)28-25(33-24)11-4-9-20-7-2-1-3-8-20/h1-3,7-8,13-14,17,21H,4-6,9-12,15-16,18-19H2/t21-/m1/s1. The van der Waals surface area contributed by atoms with Gasteiger partial charge in [0.2, 0.25) is 5.91 Å². The van der Waals surface area contributed by atoms with Crippen LogP contribution in [-0.2, 0) is 17.6 Å². The van der Waals surface area contributed by atoms with E-state index in [0.717, 1.165) is 75.1 Å². The lowest BCUT2D eigenvalue weighted by atomic mass is 9.96. The number of carbonyl (C=O) groups excluding carboxylic acids is 2. The molecule has 2 saturated heterocycles. The van der Waals surface area contributed by atoms with Crippen molar-refractivity contribution in [3.05, 3.63) is 65.5 Å². The molecule has 0 N–H and O–H groups in total. The number of amides is 2. The summed E-state index contributed by atoms with van der Waals surface area (Å²) in [5.41, 5.74) is 3.44. The molecule has 1 aromatic heterocycles. The fraction of sp³-hybridized carbons (Fsp3) is 0.444. The van der Waals surface area contributed by atoms with Crippen LogP contribution in [0.15, 0.2) is 52.9 Å². The second-order valence-electron chi connectivity index (χ2n) is 9.33. The molecule has 3 aromatic rings. The average Bonchev–Trinajstić information content (AvgIpc) is 3.44. The van der Waals surface area contributed by atoms with Crippen molar-refractivity contribution in [3.63, 3.8) is 0 Å². The summed E-state index contributed by atoms with van der Waals surface area (Å²) in [5.74, 6) is 1.38. The number of likely N-dealkylation sites (tertiary alicyclic amines) is 2. The van der Waals surface area contributed by atoms with Crippen LogP contribution in [-0.4, -0.2) is 52.8 Å². The van der Waals surface area contributed by atoms with Crippen LogP contribution in [0.5, 0.6) is 0 Å². The summed E-state index contributed by atoms with van der Waals surface area (Å²) in [7, 11) is 0. The maximum Gasteiger partial charge on any atom is 0.253 e. The third kappa shape index (κ3) is 5.10. The molecule has 0 bridgehead atoms. The number of rotatable bonds is 7. The van der Waals surface area contributed by atoms with Crippen molar-refractivity contribution in [2.45, 2.75) is 44.9 Å². The summed E-state index contributed by atoms with van der Waals surface area (Å²) in [4.78, 5) is 33.7. The molecular weight excluding hydrogens is 414 g/mol. The largest absolute Gasteiger partial charge is 0.441 e. The number of oxazole rings is 1. The monoisotopic (exact) mass is 445 g/mol. The fourth-order valence-corrected chi connectivity index (χ4v) is 5.09. The van der Waals surface area contributed by atoms with E-state index in [1.54, 1.807) is 0 Å². The summed E-state index contributed by atoms with van der Waals surface area (Å²) >= 11 is 0. The summed E-state index contributed by atoms with van der Waals surface area (Å²) < 4.78 is 5.91. The van der Waals surface area contributed by atoms with Gasteiger partial charge in [0.05, 0.1) is 0 Å². The molecule has 0 aliphatic carbocycles. The number of aryl methyl sites for hydroxylation is 2. The third-order valence-electron chi connectivity index (χ3n) is 6.83. The van der Waals surface area contributed by atoms with Gasteiger partial charge in [-0.05, 0) is 61.8 Å². The van der Waals surface area contributed by atoms with Crippen molar-refractivity contribution >= 4 is 22.9 Å². The molecule has 0 radical (unpaired) electrons. The van der Waals surface area contributed by atoms with Gasteiger partial charge in [0.1, 0.15) is 5.52 Å². The molecule has 2 aromatic carbocycles. The first-order valence-electron chi connectivity index (χ1n) is 12.2. The second-order valence-corrected chi connectivity index (χ2v) is 9.33. The molecule has 2 aliphatic heterocycles. The number of hydrogen-bond donors (Lipinski definition) is 0. The van der Waals surface area contributed by atoms with Crippen LogP contribution in [0.1, 0.15) is 53.9 Å². The van der Waals surface area contributed by atoms with E-state index < -0.39 is 0 Å². The summed E-state index contributed by atoms with van der Waals surface area (Å²) in [6.07, 6.45) is 6.41. The molecular formula is C27H31N3O3. The van der Waals surface area contributed by atoms with Crippen molar-refractivity contribution in [2.24, 2.45) is 5.92 Å². The Kier molecular flexibility index (Phi) is 6.42. The molecule has 33 heavy (non-hydrogen) atoms. The van der Waals surface area contributed by atoms with E-state index in [0.29, 0.717) is 24.4 Å². The Morgan fingerprint density at radius 2 is 1.94 bits per heavy atom. The molecule has 5 rings (SSSR count). The lowest BCUT2D eigenvalue weighted by Gasteiger charge is -2.34. The molecule has 6 heteroatoms. The van der Waals surface area contributed by atoms with Gasteiger partial charge in [0.25, 0.3) is 5.91 Å². The molecule has 0 unspecified atom stereocenters. The number of benzene rings is 2. The third-order valence-corrected chi connectivity index (χ3v) is 6.83. The highest BCUT2D eigenvalue weighted by molar-refractivity contribution is 5.97. The number of aromatic nitrogens is 1. The average molecular weight is 446 g/mol. The quantitative estimate of drug-likeness (QED) is 0.538. The van der Waals surface area contributed by atoms with Crippen molar-refractivity contribution in [3.8, 4) is 0 Å². The first-order chi connectivity index (χ1) is 16.2. The van der Waals surface area contributed by atoms with Crippen LogP contribution >= 0.6 is 0 Å². The Morgan fingerprint density at radius 1 is 1.06 bits per heavy atom. The molecule has 0 spiro atoms. The Morgan fingerprint density at radius 3 is 2.76 bits per heavy atom. The van der Waals surface area contributed by atoms with Gasteiger partial charge in [-0.2, -0.15) is 0 Å². The maximum absolute atomic E-state index is 13.2. The molecule has 3 heterocycles. The van der Waals surface area contributed by atoms with E-state index in [4.69, 9.17) is 4.42 Å². The number of fused-ring (bicyclic) bond motifs is 1. The zero-order valence-electron chi connectivity index (χ0n) is 19.0. The van der Waals surface area contributed by atoms with Crippen molar-refractivity contribution in [1.29, 1.82) is 0 Å². The molecule has 0 saturated carbocycles. The molecule has 1 atom stereocenters. The number of carbonyl (C=O) groups is 2. The van der Waals surface area contributed by atoms with Gasteiger partial charge in [0, 0.05) is 44.6 Å². The van der Waals surface area contributed by atoms with Gasteiger partial charge in [-0.1, -0.05) is 30.3 Å². The van der Waals surface area contributed by atoms with Crippen LogP contribution < -0.4 is 0 Å². The van der Waals surface area contributed by atoms with Crippen molar-refractivity contribution in [1.82, 2.24) is 14.8 Å². The number of nitrogens with zero attached hydrogens (tertiary/aromatic N) is 3. The minimum atomic E-state index is 0.0444. The summed E-state index contributed by atoms with van der Waals surface area (Å²) in [5, 5.41) is 0. The van der Waals surface area contributed by atoms with Gasteiger partial charge in [-0.3, -0.25) is 9.59 Å². The summed E-state index contributed by atoms with van der Waals surface area (Å²) in [6, 6.07) is 16.0. The Balaban J connectivity index is 1.20. The highest BCUT2D eigenvalue weighted by Crippen LogP contribution is 2.24. The predicted octanol–water partition coefficient (Wildman–Crippen LogP) is 4.48. The van der Waals surface area contributed by atoms with Crippen LogP contribution in [0.3, 0.4) is 0 Å². The minimum Gasteiger partial charge on any atom is -0.441 e. The topological polar surface area (TPSA) is 66.7 Å². The molecule has 2 fully saturated rings. The Labute approximate surface area is 194 Å². The normalized spacial score (nSPS) is 18.9. The van der Waals surface area contributed by atoms with E-state index >= 15 is 0 Å². The SMILES string of the molecule is O=C1CCCN1C[C@H]1CCCN(C(=O)c2ccc3oc(CCCc4ccccc4)nc3c2)C1. The Hall–Kier alpha value is -3.15. The lowest BCUT2D eigenvalue weighted by Crippen LogP contribution is -2.44. The van der Waals surface area contributed by atoms with Gasteiger partial charge in [-0.15, -0.1) is 0 Å². The van der Waals surface area contributed by atoms with Crippen LogP contribution in [0, 0.1) is 5.92 Å². The van der Waals surface area contributed by atoms with E-state index in [-0.39, 0.29) is 11.8 Å². The second kappa shape index (κ2) is 9.77. The van der Waals surface area contributed by atoms with Crippen molar-refractivity contribution < 1.29 is 14.0 Å². The molecule has 172 valence electrons. The van der Waals surface area contributed by atoms with Gasteiger partial charge in [-0.25, -0.2) is 4.98 Å². The summed E-state index contributed by atoms with van der Waals surface area (Å²) in [6.45, 7) is 3.12. The maximum atomic E-state index is 13.2. The Bertz CT molecular complexity index is 1120. The lowest BCUT2D eigenvalue weighted by molar-refractivity contribution is -0.128. The van der Waals surface area contributed by atoms with Gasteiger partial charge < -0.3 is 14.2 Å². The zero-order chi connectivity index (χ0) is 22.6. The van der Waals surface area contributed by atoms with Crippen molar-refractivity contribution in [2.75, 3.05) is 26.2 Å². The molecule has 2 amide bonds. The van der Waals surface area contributed by atoms with Gasteiger partial charge >= 0.3 is 0 Å². The first-order valence-corrected chi connectivity index (χ1v) is 12.2. The van der Waals surface area contributed by atoms with E-state index in [1.165, 1.54) is 5.56 Å². The van der Waals surface area contributed by atoms with E-state index in [1.807, 2.05) is 34.1 Å². The van der Waals surface area contributed by atoms with Crippen LogP contribution in [0.25, 0.3) is 11.1 Å². The first kappa shape index (κ1) is 21.7. The minimum absolute atomic E-state index is 0.0444. The van der Waals surface area contributed by atoms with E-state index in [2.05, 4.69) is 29.2 Å².